The first-order chi connectivity index (χ1) is 12.6. The van der Waals surface area contributed by atoms with Crippen molar-refractivity contribution in [1.82, 2.24) is 9.55 Å². The molecule has 6 nitrogen and oxygen atoms in total. The lowest BCUT2D eigenvalue weighted by Gasteiger charge is -2.17. The number of esters is 1. The van der Waals surface area contributed by atoms with E-state index in [1.165, 1.54) is 4.57 Å². The van der Waals surface area contributed by atoms with Crippen molar-refractivity contribution >= 4 is 5.97 Å². The number of nitrogens with zero attached hydrogens (tertiary/aromatic N) is 2. The first kappa shape index (κ1) is 18.2. The van der Waals surface area contributed by atoms with Crippen molar-refractivity contribution in [1.29, 1.82) is 0 Å². The molecule has 1 saturated carbocycles. The molecule has 0 aliphatic heterocycles. The Bertz CT molecular complexity index is 824. The first-order valence-corrected chi connectivity index (χ1v) is 9.06. The van der Waals surface area contributed by atoms with Gasteiger partial charge in [0.05, 0.1) is 6.61 Å². The zero-order valence-electron chi connectivity index (χ0n) is 15.2. The van der Waals surface area contributed by atoms with Crippen molar-refractivity contribution in [3.63, 3.8) is 0 Å². The van der Waals surface area contributed by atoms with Crippen LogP contribution in [0.2, 0.25) is 0 Å². The van der Waals surface area contributed by atoms with Crippen LogP contribution in [0.3, 0.4) is 0 Å². The third kappa shape index (κ3) is 3.79. The van der Waals surface area contributed by atoms with Crippen LogP contribution in [0.25, 0.3) is 0 Å². The van der Waals surface area contributed by atoms with Crippen molar-refractivity contribution < 1.29 is 14.3 Å². The summed E-state index contributed by atoms with van der Waals surface area (Å²) in [5.74, 6) is 0.177. The van der Waals surface area contributed by atoms with Crippen LogP contribution in [-0.2, 0) is 18.4 Å². The number of carbonyl (C=O) groups is 1. The Balaban J connectivity index is 1.99. The van der Waals surface area contributed by atoms with Gasteiger partial charge in [0.2, 0.25) is 5.75 Å². The third-order valence-electron chi connectivity index (χ3n) is 4.70. The number of rotatable bonds is 6. The number of hydrogen-bond acceptors (Lipinski definition) is 5. The molecule has 0 radical (unpaired) electrons. The average Bonchev–Trinajstić information content (AvgIpc) is 3.18. The topological polar surface area (TPSA) is 70.4 Å². The summed E-state index contributed by atoms with van der Waals surface area (Å²) < 4.78 is 12.3. The van der Waals surface area contributed by atoms with Gasteiger partial charge in [-0.1, -0.05) is 43.2 Å². The van der Waals surface area contributed by atoms with E-state index in [-0.39, 0.29) is 36.1 Å². The van der Waals surface area contributed by atoms with Crippen molar-refractivity contribution in [3.05, 3.63) is 57.8 Å². The fourth-order valence-corrected chi connectivity index (χ4v) is 3.34. The molecule has 1 aliphatic rings. The molecule has 0 bridgehead atoms. The zero-order valence-corrected chi connectivity index (χ0v) is 15.2. The summed E-state index contributed by atoms with van der Waals surface area (Å²) in [5, 5.41) is 0. The monoisotopic (exact) mass is 356 g/mol. The molecular weight excluding hydrogens is 332 g/mol. The van der Waals surface area contributed by atoms with Crippen LogP contribution in [-0.4, -0.2) is 22.1 Å². The van der Waals surface area contributed by atoms with Gasteiger partial charge >= 0.3 is 5.97 Å². The summed E-state index contributed by atoms with van der Waals surface area (Å²) >= 11 is 0. The molecule has 0 saturated heterocycles. The maximum atomic E-state index is 12.9. The van der Waals surface area contributed by atoms with E-state index in [4.69, 9.17) is 9.47 Å². The molecule has 1 aromatic heterocycles. The molecule has 0 amide bonds. The molecule has 1 aromatic carbocycles. The van der Waals surface area contributed by atoms with Gasteiger partial charge in [0.15, 0.2) is 5.69 Å². The molecular formula is C20H24N2O4. The van der Waals surface area contributed by atoms with Gasteiger partial charge in [-0.05, 0) is 25.3 Å². The molecule has 1 aliphatic carbocycles. The van der Waals surface area contributed by atoms with Crippen LogP contribution < -0.4 is 10.3 Å². The Morgan fingerprint density at radius 1 is 1.23 bits per heavy atom. The number of ether oxygens (including phenoxy) is 2. The Kier molecular flexibility index (Phi) is 5.71. The van der Waals surface area contributed by atoms with Gasteiger partial charge < -0.3 is 9.47 Å². The van der Waals surface area contributed by atoms with Crippen molar-refractivity contribution in [2.24, 2.45) is 7.05 Å². The number of aromatic nitrogens is 2. The lowest BCUT2D eigenvalue weighted by atomic mass is 10.1. The minimum absolute atomic E-state index is 0.0206. The van der Waals surface area contributed by atoms with Crippen LogP contribution in [0.5, 0.6) is 5.75 Å². The minimum atomic E-state index is -0.618. The maximum Gasteiger partial charge on any atom is 0.361 e. The van der Waals surface area contributed by atoms with E-state index in [2.05, 4.69) is 4.98 Å². The highest BCUT2D eigenvalue weighted by atomic mass is 16.5. The second kappa shape index (κ2) is 8.17. The summed E-state index contributed by atoms with van der Waals surface area (Å²) in [5.41, 5.74) is 0.540. The van der Waals surface area contributed by atoms with E-state index in [1.54, 1.807) is 14.0 Å². The highest BCUT2D eigenvalue weighted by Crippen LogP contribution is 2.33. The molecule has 6 heteroatoms. The van der Waals surface area contributed by atoms with Crippen LogP contribution in [0.4, 0.5) is 0 Å². The SMILES string of the molecule is CCOC(=O)c1nc(C2CCCC2)n(C)c(=O)c1OCc1ccccc1. The minimum Gasteiger partial charge on any atom is -0.481 e. The summed E-state index contributed by atoms with van der Waals surface area (Å²) in [6.07, 6.45) is 4.18. The summed E-state index contributed by atoms with van der Waals surface area (Å²) in [6.45, 7) is 2.13. The molecule has 0 spiro atoms. The Morgan fingerprint density at radius 2 is 1.92 bits per heavy atom. The highest BCUT2D eigenvalue weighted by molar-refractivity contribution is 5.90. The lowest BCUT2D eigenvalue weighted by molar-refractivity contribution is 0.0512. The summed E-state index contributed by atoms with van der Waals surface area (Å²) in [6, 6.07) is 9.49. The lowest BCUT2D eigenvalue weighted by Crippen LogP contribution is -2.29. The standard InChI is InChI=1S/C20H24N2O4/c1-3-25-20(24)16-17(26-13-14-9-5-4-6-10-14)19(23)22(2)18(21-16)15-11-7-8-12-15/h4-6,9-10,15H,3,7-8,11-13H2,1-2H3. The predicted molar refractivity (Wildman–Crippen MR) is 97.4 cm³/mol. The summed E-state index contributed by atoms with van der Waals surface area (Å²) in [4.78, 5) is 29.8. The van der Waals surface area contributed by atoms with Crippen molar-refractivity contribution in [2.45, 2.75) is 45.1 Å². The average molecular weight is 356 g/mol. The van der Waals surface area contributed by atoms with Crippen LogP contribution in [0.15, 0.2) is 35.1 Å². The van der Waals surface area contributed by atoms with Gasteiger partial charge in [-0.3, -0.25) is 9.36 Å². The molecule has 0 atom stereocenters. The van der Waals surface area contributed by atoms with E-state index in [0.29, 0.717) is 5.82 Å². The van der Waals surface area contributed by atoms with E-state index in [1.807, 2.05) is 30.3 Å². The summed E-state index contributed by atoms with van der Waals surface area (Å²) in [7, 11) is 1.69. The molecule has 0 unspecified atom stereocenters. The van der Waals surface area contributed by atoms with Gasteiger partial charge in [-0.15, -0.1) is 0 Å². The molecule has 2 aromatic rings. The third-order valence-corrected chi connectivity index (χ3v) is 4.70. The maximum absolute atomic E-state index is 12.9. The molecule has 138 valence electrons. The normalized spacial score (nSPS) is 14.4. The molecule has 26 heavy (non-hydrogen) atoms. The van der Waals surface area contributed by atoms with Crippen LogP contribution >= 0.6 is 0 Å². The zero-order chi connectivity index (χ0) is 18.5. The van der Waals surface area contributed by atoms with E-state index >= 15 is 0 Å². The smallest absolute Gasteiger partial charge is 0.361 e. The van der Waals surface area contributed by atoms with E-state index in [9.17, 15) is 9.59 Å². The molecule has 0 N–H and O–H groups in total. The number of carbonyl (C=O) groups excluding carboxylic acids is 1. The Morgan fingerprint density at radius 3 is 2.58 bits per heavy atom. The van der Waals surface area contributed by atoms with Gasteiger partial charge in [-0.25, -0.2) is 9.78 Å². The molecule has 3 rings (SSSR count). The fourth-order valence-electron chi connectivity index (χ4n) is 3.34. The second-order valence-corrected chi connectivity index (χ2v) is 6.49. The van der Waals surface area contributed by atoms with E-state index < -0.39 is 5.97 Å². The first-order valence-electron chi connectivity index (χ1n) is 9.06. The highest BCUT2D eigenvalue weighted by Gasteiger charge is 2.28. The Labute approximate surface area is 152 Å². The Hall–Kier alpha value is -2.63. The second-order valence-electron chi connectivity index (χ2n) is 6.49. The van der Waals surface area contributed by atoms with Crippen molar-refractivity contribution in [3.8, 4) is 5.75 Å². The number of benzene rings is 1. The van der Waals surface area contributed by atoms with Gasteiger partial charge in [0.25, 0.3) is 5.56 Å². The quantitative estimate of drug-likeness (QED) is 0.744. The van der Waals surface area contributed by atoms with Gasteiger partial charge in [0, 0.05) is 13.0 Å². The molecule has 1 heterocycles. The van der Waals surface area contributed by atoms with Gasteiger partial charge in [0.1, 0.15) is 12.4 Å². The predicted octanol–water partition coefficient (Wildman–Crippen LogP) is 3.19. The van der Waals surface area contributed by atoms with Crippen molar-refractivity contribution in [2.75, 3.05) is 6.61 Å². The van der Waals surface area contributed by atoms with E-state index in [0.717, 1.165) is 31.2 Å². The number of hydrogen-bond donors (Lipinski definition) is 0. The van der Waals surface area contributed by atoms with Gasteiger partial charge in [-0.2, -0.15) is 0 Å². The largest absolute Gasteiger partial charge is 0.481 e. The van der Waals surface area contributed by atoms with Crippen LogP contribution in [0.1, 0.15) is 60.4 Å². The molecule has 1 fully saturated rings. The van der Waals surface area contributed by atoms with Crippen LogP contribution in [0, 0.1) is 0 Å². The fraction of sp³-hybridized carbons (Fsp3) is 0.450.